The van der Waals surface area contributed by atoms with Gasteiger partial charge in [0.1, 0.15) is 17.2 Å². The Labute approximate surface area is 190 Å². The van der Waals surface area contributed by atoms with E-state index in [1.54, 1.807) is 48.5 Å². The first-order chi connectivity index (χ1) is 15.9. The van der Waals surface area contributed by atoms with Crippen molar-refractivity contribution < 1.29 is 28.7 Å². The van der Waals surface area contributed by atoms with E-state index < -0.39 is 23.4 Å². The maximum atomic E-state index is 12.9. The highest BCUT2D eigenvalue weighted by atomic mass is 16.5. The van der Waals surface area contributed by atoms with Crippen molar-refractivity contribution in [2.24, 2.45) is 5.92 Å². The lowest BCUT2D eigenvalue weighted by molar-refractivity contribution is -0.158. The Balaban J connectivity index is 1.53. The molecule has 1 aliphatic carbocycles. The summed E-state index contributed by atoms with van der Waals surface area (Å²) < 4.78 is 11.9. The lowest BCUT2D eigenvalue weighted by Crippen LogP contribution is -2.72. The van der Waals surface area contributed by atoms with Gasteiger partial charge in [-0.05, 0) is 49.2 Å². The molecule has 0 unspecified atom stereocenters. The maximum absolute atomic E-state index is 12.9. The Morgan fingerprint density at radius 3 is 2.18 bits per heavy atom. The van der Waals surface area contributed by atoms with E-state index in [-0.39, 0.29) is 11.8 Å². The van der Waals surface area contributed by atoms with Crippen LogP contribution in [0.4, 0.5) is 10.5 Å². The minimum absolute atomic E-state index is 0.182. The van der Waals surface area contributed by atoms with Gasteiger partial charge in [0.25, 0.3) is 17.4 Å². The lowest BCUT2D eigenvalue weighted by atomic mass is 9.75. The van der Waals surface area contributed by atoms with Gasteiger partial charge in [0.15, 0.2) is 0 Å². The second-order valence-electron chi connectivity index (χ2n) is 8.19. The van der Waals surface area contributed by atoms with E-state index in [4.69, 9.17) is 9.47 Å². The molecular weight excluding hydrogens is 426 g/mol. The van der Waals surface area contributed by atoms with Gasteiger partial charge in [-0.25, -0.2) is 4.79 Å². The van der Waals surface area contributed by atoms with E-state index in [2.05, 4.69) is 16.0 Å². The minimum atomic E-state index is -1.80. The topological polar surface area (TPSA) is 123 Å². The van der Waals surface area contributed by atoms with Crippen molar-refractivity contribution in [3.05, 3.63) is 48.5 Å². The number of carbonyl (C=O) groups is 4. The smallest absolute Gasteiger partial charge is 0.328 e. The van der Waals surface area contributed by atoms with Crippen LogP contribution in [0, 0.1) is 5.92 Å². The third-order valence-corrected chi connectivity index (χ3v) is 5.80. The van der Waals surface area contributed by atoms with E-state index in [9.17, 15) is 19.2 Å². The van der Waals surface area contributed by atoms with Gasteiger partial charge in [-0.2, -0.15) is 0 Å². The molecule has 33 heavy (non-hydrogen) atoms. The zero-order chi connectivity index (χ0) is 23.4. The summed E-state index contributed by atoms with van der Waals surface area (Å²) >= 11 is 0. The number of urea groups is 1. The summed E-state index contributed by atoms with van der Waals surface area (Å²) in [6.45, 7) is 1.43. The molecule has 5 amide bonds. The zero-order valence-electron chi connectivity index (χ0n) is 18.2. The zero-order valence-corrected chi connectivity index (χ0v) is 18.2. The van der Waals surface area contributed by atoms with E-state index in [1.165, 1.54) is 6.92 Å². The van der Waals surface area contributed by atoms with Crippen LogP contribution in [-0.2, 0) is 14.4 Å². The summed E-state index contributed by atoms with van der Waals surface area (Å²) in [4.78, 5) is 48.7. The maximum Gasteiger partial charge on any atom is 0.328 e. The van der Waals surface area contributed by atoms with Gasteiger partial charge in [0.2, 0.25) is 5.91 Å². The first-order valence-electron chi connectivity index (χ1n) is 10.9. The molecule has 9 heteroatoms. The molecule has 1 saturated heterocycles. The Morgan fingerprint density at radius 2 is 1.55 bits per heavy atom. The molecule has 4 rings (SSSR count). The van der Waals surface area contributed by atoms with Crippen LogP contribution in [0.1, 0.15) is 39.0 Å². The molecule has 0 spiro atoms. The first kappa shape index (κ1) is 22.3. The molecule has 2 fully saturated rings. The van der Waals surface area contributed by atoms with Crippen molar-refractivity contribution in [2.75, 3.05) is 5.32 Å². The average molecular weight is 451 g/mol. The van der Waals surface area contributed by atoms with Crippen LogP contribution in [-0.4, -0.2) is 29.4 Å². The molecule has 9 nitrogen and oxygen atoms in total. The molecule has 1 saturated carbocycles. The van der Waals surface area contributed by atoms with E-state index in [0.29, 0.717) is 35.8 Å². The van der Waals surface area contributed by atoms with E-state index in [1.807, 2.05) is 0 Å². The van der Waals surface area contributed by atoms with Crippen LogP contribution in [0.3, 0.4) is 0 Å². The van der Waals surface area contributed by atoms with Crippen molar-refractivity contribution in [2.45, 2.75) is 44.6 Å². The SMILES string of the molecule is CC(=O)Nc1cccc(Oc2ccc(OC3(C4CCCCC4)C(=O)NC(=O)NC3=O)cc2)c1. The Bertz CT molecular complexity index is 1060. The Kier molecular flexibility index (Phi) is 6.30. The second kappa shape index (κ2) is 9.32. The molecule has 0 radical (unpaired) electrons. The number of hydrogen-bond acceptors (Lipinski definition) is 6. The van der Waals surface area contributed by atoms with Gasteiger partial charge in [-0.1, -0.05) is 25.3 Å². The summed E-state index contributed by atoms with van der Waals surface area (Å²) in [5.74, 6) is -0.666. The Morgan fingerprint density at radius 1 is 0.909 bits per heavy atom. The Hall–Kier alpha value is -3.88. The number of benzene rings is 2. The third kappa shape index (κ3) is 4.82. The molecule has 1 heterocycles. The highest BCUT2D eigenvalue weighted by Crippen LogP contribution is 2.38. The van der Waals surface area contributed by atoms with Gasteiger partial charge in [0.05, 0.1) is 0 Å². The van der Waals surface area contributed by atoms with E-state index in [0.717, 1.165) is 19.3 Å². The van der Waals surface area contributed by atoms with Crippen LogP contribution < -0.4 is 25.4 Å². The molecule has 1 aliphatic heterocycles. The number of hydrogen-bond donors (Lipinski definition) is 3. The standard InChI is InChI=1S/C24H25N3O6/c1-15(28)25-17-8-5-9-20(14-17)32-18-10-12-19(13-11-18)33-24(16-6-3-2-4-7-16)21(29)26-23(31)27-22(24)30/h5,8-14,16H,2-4,6-7H2,1H3,(H,25,28)(H2,26,27,29,30,31). The molecule has 2 aliphatic rings. The molecule has 2 aromatic rings. The van der Waals surface area contributed by atoms with Gasteiger partial charge in [-0.3, -0.25) is 25.0 Å². The van der Waals surface area contributed by atoms with E-state index >= 15 is 0 Å². The van der Waals surface area contributed by atoms with Gasteiger partial charge in [-0.15, -0.1) is 0 Å². The number of ether oxygens (including phenoxy) is 2. The molecule has 3 N–H and O–H groups in total. The van der Waals surface area contributed by atoms with Gasteiger partial charge in [0, 0.05) is 24.6 Å². The number of anilines is 1. The number of rotatable bonds is 6. The molecule has 0 bridgehead atoms. The normalized spacial score (nSPS) is 18.2. The molecule has 0 aromatic heterocycles. The molecule has 0 atom stereocenters. The van der Waals surface area contributed by atoms with Crippen molar-refractivity contribution in [3.63, 3.8) is 0 Å². The van der Waals surface area contributed by atoms with Gasteiger partial charge < -0.3 is 14.8 Å². The second-order valence-corrected chi connectivity index (χ2v) is 8.19. The predicted molar refractivity (Wildman–Crippen MR) is 119 cm³/mol. The first-order valence-corrected chi connectivity index (χ1v) is 10.9. The summed E-state index contributed by atoms with van der Waals surface area (Å²) in [6, 6.07) is 12.6. The van der Waals surface area contributed by atoms with Crippen LogP contribution in [0.15, 0.2) is 48.5 Å². The van der Waals surface area contributed by atoms with Gasteiger partial charge >= 0.3 is 6.03 Å². The van der Waals surface area contributed by atoms with Crippen LogP contribution in [0.25, 0.3) is 0 Å². The quantitative estimate of drug-likeness (QED) is 0.578. The van der Waals surface area contributed by atoms with Crippen LogP contribution in [0.5, 0.6) is 17.2 Å². The largest absolute Gasteiger partial charge is 0.467 e. The summed E-state index contributed by atoms with van der Waals surface area (Å²) in [5, 5.41) is 7.08. The van der Waals surface area contributed by atoms with Crippen molar-refractivity contribution in [1.29, 1.82) is 0 Å². The number of nitrogens with one attached hydrogen (secondary N) is 3. The number of amides is 5. The van der Waals surface area contributed by atoms with Crippen molar-refractivity contribution >= 4 is 29.4 Å². The molecule has 172 valence electrons. The summed E-state index contributed by atoms with van der Waals surface area (Å²) in [5.41, 5.74) is -1.19. The van der Waals surface area contributed by atoms with Crippen molar-refractivity contribution in [3.8, 4) is 17.2 Å². The molecular formula is C24H25N3O6. The highest BCUT2D eigenvalue weighted by Gasteiger charge is 2.58. The number of carbonyl (C=O) groups excluding carboxylic acids is 4. The summed E-state index contributed by atoms with van der Waals surface area (Å²) in [7, 11) is 0. The third-order valence-electron chi connectivity index (χ3n) is 5.80. The fourth-order valence-corrected chi connectivity index (χ4v) is 4.32. The van der Waals surface area contributed by atoms with Crippen molar-refractivity contribution in [1.82, 2.24) is 10.6 Å². The number of barbiturate groups is 1. The van der Waals surface area contributed by atoms with Crippen LogP contribution >= 0.6 is 0 Å². The average Bonchev–Trinajstić information content (AvgIpc) is 2.78. The monoisotopic (exact) mass is 451 g/mol. The minimum Gasteiger partial charge on any atom is -0.467 e. The number of imide groups is 2. The molecule has 2 aromatic carbocycles. The predicted octanol–water partition coefficient (Wildman–Crippen LogP) is 3.50. The highest BCUT2D eigenvalue weighted by molar-refractivity contribution is 6.22. The fraction of sp³-hybridized carbons (Fsp3) is 0.333. The van der Waals surface area contributed by atoms with Crippen LogP contribution in [0.2, 0.25) is 0 Å². The fourth-order valence-electron chi connectivity index (χ4n) is 4.32. The lowest BCUT2D eigenvalue weighted by Gasteiger charge is -2.41. The summed E-state index contributed by atoms with van der Waals surface area (Å²) in [6.07, 6.45) is 4.11.